The van der Waals surface area contributed by atoms with Crippen LogP contribution in [0.15, 0.2) is 40.4 Å². The van der Waals surface area contributed by atoms with Gasteiger partial charge < -0.3 is 0 Å². The Bertz CT molecular complexity index is 707. The van der Waals surface area contributed by atoms with Crippen LogP contribution in [0.5, 0.6) is 0 Å². The van der Waals surface area contributed by atoms with Crippen molar-refractivity contribution in [2.75, 3.05) is 0 Å². The first-order chi connectivity index (χ1) is 9.38. The Morgan fingerprint density at radius 3 is 2.50 bits per heavy atom. The van der Waals surface area contributed by atoms with Gasteiger partial charge in [-0.05, 0) is 28.8 Å². The smallest absolute Gasteiger partial charge is 0.265 e. The van der Waals surface area contributed by atoms with Gasteiger partial charge in [0.05, 0.1) is 6.21 Å². The van der Waals surface area contributed by atoms with E-state index in [9.17, 15) is 4.79 Å². The second-order valence-electron chi connectivity index (χ2n) is 5.44. The summed E-state index contributed by atoms with van der Waals surface area (Å²) in [6.07, 6.45) is 2.73. The molecule has 0 radical (unpaired) electrons. The normalized spacial score (nSPS) is 11.9. The second kappa shape index (κ2) is 5.50. The molecule has 2 aromatic rings. The van der Waals surface area contributed by atoms with E-state index in [2.05, 4.69) is 48.2 Å². The third-order valence-electron chi connectivity index (χ3n) is 2.84. The summed E-state index contributed by atoms with van der Waals surface area (Å²) in [4.78, 5) is 11.5. The highest BCUT2D eigenvalue weighted by molar-refractivity contribution is 7.71. The van der Waals surface area contributed by atoms with Gasteiger partial charge in [0.25, 0.3) is 5.56 Å². The van der Waals surface area contributed by atoms with Crippen molar-refractivity contribution in [3.8, 4) is 0 Å². The lowest BCUT2D eigenvalue weighted by Crippen LogP contribution is -2.18. The molecular weight excluding hydrogens is 272 g/mol. The van der Waals surface area contributed by atoms with Crippen LogP contribution in [0.3, 0.4) is 0 Å². The number of benzene rings is 1. The van der Waals surface area contributed by atoms with Crippen molar-refractivity contribution >= 4 is 18.4 Å². The summed E-state index contributed by atoms with van der Waals surface area (Å²) in [6, 6.07) is 8.03. The van der Waals surface area contributed by atoms with Gasteiger partial charge in [-0.1, -0.05) is 45.0 Å². The van der Waals surface area contributed by atoms with Crippen molar-refractivity contribution in [3.63, 3.8) is 0 Å². The topological polar surface area (TPSA) is 63.0 Å². The number of hydrogen-bond acceptors (Lipinski definition) is 4. The van der Waals surface area contributed by atoms with E-state index in [0.717, 1.165) is 16.4 Å². The minimum atomic E-state index is -0.365. The highest BCUT2D eigenvalue weighted by atomic mass is 32.1. The summed E-state index contributed by atoms with van der Waals surface area (Å²) in [6.45, 7) is 6.48. The zero-order chi connectivity index (χ0) is 14.8. The molecule has 2 rings (SSSR count). The maximum absolute atomic E-state index is 11.5. The number of H-pyrrole nitrogens is 1. The Morgan fingerprint density at radius 2 is 1.95 bits per heavy atom. The standard InChI is InChI=1S/C14H16N4OS/c1-14(2,3)11-6-4-10(5-7-11)8-16-18-12(19)9-15-17-13(18)20/h4-9H,1-3H3,(H,17,20)/b16-8+. The van der Waals surface area contributed by atoms with E-state index in [1.165, 1.54) is 5.56 Å². The molecule has 0 amide bonds. The molecule has 5 nitrogen and oxygen atoms in total. The number of hydrogen-bond donors (Lipinski definition) is 1. The first kappa shape index (κ1) is 14.3. The molecule has 104 valence electrons. The molecule has 0 aliphatic rings. The van der Waals surface area contributed by atoms with Crippen molar-refractivity contribution in [3.05, 3.63) is 56.7 Å². The maximum Gasteiger partial charge on any atom is 0.293 e. The van der Waals surface area contributed by atoms with Crippen LogP contribution in [-0.2, 0) is 5.41 Å². The van der Waals surface area contributed by atoms with Gasteiger partial charge in [-0.2, -0.15) is 14.9 Å². The van der Waals surface area contributed by atoms with Crippen LogP contribution in [0.2, 0.25) is 0 Å². The van der Waals surface area contributed by atoms with E-state index >= 15 is 0 Å². The average Bonchev–Trinajstić information content (AvgIpc) is 2.37. The molecule has 1 N–H and O–H groups in total. The Kier molecular flexibility index (Phi) is 3.94. The Labute approximate surface area is 122 Å². The molecule has 0 bridgehead atoms. The fraction of sp³-hybridized carbons (Fsp3) is 0.286. The highest BCUT2D eigenvalue weighted by Crippen LogP contribution is 2.21. The summed E-state index contributed by atoms with van der Waals surface area (Å²) < 4.78 is 1.26. The summed E-state index contributed by atoms with van der Waals surface area (Å²) in [5.74, 6) is 0. The van der Waals surface area contributed by atoms with Gasteiger partial charge in [0.2, 0.25) is 4.77 Å². The lowest BCUT2D eigenvalue weighted by atomic mass is 9.87. The van der Waals surface area contributed by atoms with Gasteiger partial charge in [-0.25, -0.2) is 0 Å². The molecule has 1 heterocycles. The van der Waals surface area contributed by atoms with Crippen molar-refractivity contribution in [2.24, 2.45) is 5.10 Å². The molecule has 0 unspecified atom stereocenters. The summed E-state index contributed by atoms with van der Waals surface area (Å²) in [5, 5.41) is 10.2. The maximum atomic E-state index is 11.5. The largest absolute Gasteiger partial charge is 0.293 e. The van der Waals surface area contributed by atoms with Crippen molar-refractivity contribution in [1.82, 2.24) is 14.9 Å². The molecule has 1 aromatic carbocycles. The van der Waals surface area contributed by atoms with Gasteiger partial charge in [0.15, 0.2) is 0 Å². The van der Waals surface area contributed by atoms with Crippen LogP contribution >= 0.6 is 12.2 Å². The van der Waals surface area contributed by atoms with E-state index in [1.54, 1.807) is 6.21 Å². The molecular formula is C14H16N4OS. The van der Waals surface area contributed by atoms with Crippen molar-refractivity contribution in [2.45, 2.75) is 26.2 Å². The van der Waals surface area contributed by atoms with Crippen molar-refractivity contribution < 1.29 is 0 Å². The fourth-order valence-corrected chi connectivity index (χ4v) is 1.84. The lowest BCUT2D eigenvalue weighted by molar-refractivity contribution is 0.590. The van der Waals surface area contributed by atoms with Crippen LogP contribution in [0.25, 0.3) is 0 Å². The lowest BCUT2D eigenvalue weighted by Gasteiger charge is -2.18. The molecule has 0 saturated heterocycles. The monoisotopic (exact) mass is 288 g/mol. The van der Waals surface area contributed by atoms with E-state index in [-0.39, 0.29) is 15.7 Å². The molecule has 0 aliphatic heterocycles. The molecule has 6 heteroatoms. The molecule has 0 aliphatic carbocycles. The van der Waals surface area contributed by atoms with Gasteiger partial charge >= 0.3 is 0 Å². The predicted octanol–water partition coefficient (Wildman–Crippen LogP) is 2.48. The van der Waals surface area contributed by atoms with E-state index in [1.807, 2.05) is 12.1 Å². The summed E-state index contributed by atoms with van der Waals surface area (Å²) in [5.41, 5.74) is 1.89. The average molecular weight is 288 g/mol. The molecule has 1 aromatic heterocycles. The van der Waals surface area contributed by atoms with E-state index in [4.69, 9.17) is 12.2 Å². The Morgan fingerprint density at radius 1 is 1.30 bits per heavy atom. The number of aromatic amines is 1. The Hall–Kier alpha value is -2.08. The van der Waals surface area contributed by atoms with E-state index in [0.29, 0.717) is 0 Å². The van der Waals surface area contributed by atoms with Gasteiger partial charge in [0.1, 0.15) is 6.20 Å². The van der Waals surface area contributed by atoms with Gasteiger partial charge in [-0.15, -0.1) is 0 Å². The van der Waals surface area contributed by atoms with Crippen LogP contribution < -0.4 is 5.56 Å². The first-order valence-electron chi connectivity index (χ1n) is 6.19. The van der Waals surface area contributed by atoms with Crippen LogP contribution in [-0.4, -0.2) is 21.1 Å². The zero-order valence-electron chi connectivity index (χ0n) is 11.6. The highest BCUT2D eigenvalue weighted by Gasteiger charge is 2.12. The molecule has 0 spiro atoms. The van der Waals surface area contributed by atoms with Crippen molar-refractivity contribution in [1.29, 1.82) is 0 Å². The minimum Gasteiger partial charge on any atom is -0.265 e. The van der Waals surface area contributed by atoms with Crippen LogP contribution in [0, 0.1) is 4.77 Å². The first-order valence-corrected chi connectivity index (χ1v) is 6.60. The van der Waals surface area contributed by atoms with Crippen LogP contribution in [0.4, 0.5) is 0 Å². The third-order valence-corrected chi connectivity index (χ3v) is 3.10. The molecule has 0 atom stereocenters. The number of aromatic nitrogens is 3. The van der Waals surface area contributed by atoms with Gasteiger partial charge in [0, 0.05) is 0 Å². The predicted molar refractivity (Wildman–Crippen MR) is 81.8 cm³/mol. The number of rotatable bonds is 2. The van der Waals surface area contributed by atoms with E-state index < -0.39 is 0 Å². The van der Waals surface area contributed by atoms with Crippen LogP contribution in [0.1, 0.15) is 31.9 Å². The minimum absolute atomic E-state index is 0.112. The third kappa shape index (κ3) is 3.27. The Balaban J connectivity index is 2.29. The molecule has 0 fully saturated rings. The quantitative estimate of drug-likeness (QED) is 0.682. The zero-order valence-corrected chi connectivity index (χ0v) is 12.4. The SMILES string of the molecule is CC(C)(C)c1ccc(/C=N/n2c(=O)cn[nH]c2=S)cc1. The second-order valence-corrected chi connectivity index (χ2v) is 5.83. The number of nitrogens with zero attached hydrogens (tertiary/aromatic N) is 3. The van der Waals surface area contributed by atoms with Gasteiger partial charge in [-0.3, -0.25) is 9.89 Å². The molecule has 20 heavy (non-hydrogen) atoms. The fourth-order valence-electron chi connectivity index (χ4n) is 1.65. The summed E-state index contributed by atoms with van der Waals surface area (Å²) in [7, 11) is 0. The molecule has 0 saturated carbocycles. The summed E-state index contributed by atoms with van der Waals surface area (Å²) >= 11 is 4.96. The number of nitrogens with one attached hydrogen (secondary N) is 1.